The molecular formula is C21H48N5O6PS2. The molecule has 0 aliphatic heterocycles. The van der Waals surface area contributed by atoms with Crippen LogP contribution in [0, 0.1) is 0 Å². The van der Waals surface area contributed by atoms with Crippen LogP contribution in [0.2, 0.25) is 0 Å². The molecule has 11 nitrogen and oxygen atoms in total. The van der Waals surface area contributed by atoms with Gasteiger partial charge in [0.15, 0.2) is 0 Å². The summed E-state index contributed by atoms with van der Waals surface area (Å²) in [5.41, 5.74) is 10.2. The Bertz CT molecular complexity index is 562. The summed E-state index contributed by atoms with van der Waals surface area (Å²) in [6, 6.07) is -0.615. The standard InChI is InChI=1S/C9H17N3O3S.C6H14NOPS.C4H9NO2.2CH4/c1-6(13)3-11-8(14)4-12-9(15)7(10)5-16-2;1-3-8-5-4-7-6(2)9-10;1-2-7-3-4(5)6;;/h7H,3-5,10H2,1-2H3,(H,11,14)(H,12,15);6-7H,3-5H2,1-2H3;2-3H2,1H3,(H2,5,6);2*1H4. The quantitative estimate of drug-likeness (QED) is 0.133. The summed E-state index contributed by atoms with van der Waals surface area (Å²) in [5.74, 6) is -0.413. The van der Waals surface area contributed by atoms with E-state index in [1.165, 1.54) is 18.7 Å². The van der Waals surface area contributed by atoms with E-state index in [0.29, 0.717) is 18.1 Å². The van der Waals surface area contributed by atoms with Crippen molar-refractivity contribution in [2.75, 3.05) is 58.1 Å². The molecule has 0 rings (SSSR count). The van der Waals surface area contributed by atoms with E-state index >= 15 is 0 Å². The Morgan fingerprint density at radius 1 is 1.06 bits per heavy atom. The van der Waals surface area contributed by atoms with Crippen molar-refractivity contribution in [3.63, 3.8) is 0 Å². The normalized spacial score (nSPS) is 11.0. The molecule has 2 atom stereocenters. The molecule has 14 heteroatoms. The first kappa shape index (κ1) is 43.8. The summed E-state index contributed by atoms with van der Waals surface area (Å²) >= 11 is 6.28. The number of hydrogen-bond donors (Lipinski definition) is 5. The number of primary amides is 1. The van der Waals surface area contributed by atoms with Crippen LogP contribution in [0.25, 0.3) is 0 Å². The van der Waals surface area contributed by atoms with E-state index in [4.69, 9.17) is 28.0 Å². The SMILES string of the molecule is C.C.CCOCC(N)=O.CCOCCNC(C)P=S.CSCC(N)C(=O)NCC(=O)NCC(C)=O. The van der Waals surface area contributed by atoms with E-state index < -0.39 is 17.9 Å². The van der Waals surface area contributed by atoms with Crippen LogP contribution < -0.4 is 27.4 Å². The van der Waals surface area contributed by atoms with Gasteiger partial charge in [0.2, 0.25) is 17.7 Å². The highest BCUT2D eigenvalue weighted by molar-refractivity contribution is 7.98. The van der Waals surface area contributed by atoms with Crippen LogP contribution in [-0.2, 0) is 40.5 Å². The highest BCUT2D eigenvalue weighted by atomic mass is 32.4. The van der Waals surface area contributed by atoms with Crippen molar-refractivity contribution in [2.24, 2.45) is 11.5 Å². The highest BCUT2D eigenvalue weighted by Gasteiger charge is 2.13. The number of ether oxygens (including phenoxy) is 2. The second-order valence-corrected chi connectivity index (χ2v) is 8.82. The Balaban J connectivity index is -0.000000136. The van der Waals surface area contributed by atoms with Crippen molar-refractivity contribution in [3.05, 3.63) is 0 Å². The molecule has 0 aliphatic carbocycles. The third-order valence-corrected chi connectivity index (χ3v) is 5.28. The maximum atomic E-state index is 11.3. The molecule has 0 aromatic heterocycles. The number of nitrogens with two attached hydrogens (primary N) is 2. The minimum Gasteiger partial charge on any atom is -0.380 e. The van der Waals surface area contributed by atoms with Crippen molar-refractivity contribution in [3.8, 4) is 0 Å². The molecule has 210 valence electrons. The number of thioether (sulfide) groups is 1. The second kappa shape index (κ2) is 32.8. The second-order valence-electron chi connectivity index (χ2n) is 6.29. The smallest absolute Gasteiger partial charge is 0.243 e. The number of carbonyl (C=O) groups excluding carboxylic acids is 4. The first-order valence-corrected chi connectivity index (χ1v) is 13.7. The van der Waals surface area contributed by atoms with E-state index in [-0.39, 0.29) is 46.2 Å². The van der Waals surface area contributed by atoms with Crippen LogP contribution in [-0.4, -0.2) is 93.4 Å². The molecule has 3 amide bonds. The van der Waals surface area contributed by atoms with Gasteiger partial charge in [-0.1, -0.05) is 26.7 Å². The van der Waals surface area contributed by atoms with Crippen molar-refractivity contribution in [1.29, 1.82) is 0 Å². The summed E-state index contributed by atoms with van der Waals surface area (Å²) in [5, 5.41) is 7.97. The summed E-state index contributed by atoms with van der Waals surface area (Å²) < 4.78 is 9.75. The van der Waals surface area contributed by atoms with Gasteiger partial charge < -0.3 is 36.9 Å². The van der Waals surface area contributed by atoms with Crippen molar-refractivity contribution in [1.82, 2.24) is 16.0 Å². The molecule has 0 aliphatic rings. The summed E-state index contributed by atoms with van der Waals surface area (Å²) in [6.07, 6.45) is 1.84. The molecule has 0 radical (unpaired) electrons. The predicted octanol–water partition coefficient (Wildman–Crippen LogP) is 0.645. The Kier molecular flexibility index (Phi) is 41.1. The van der Waals surface area contributed by atoms with Gasteiger partial charge in [-0.2, -0.15) is 11.8 Å². The van der Waals surface area contributed by atoms with E-state index in [2.05, 4.69) is 27.6 Å². The summed E-state index contributed by atoms with van der Waals surface area (Å²) in [7, 11) is 0.980. The Morgan fingerprint density at radius 2 is 1.63 bits per heavy atom. The van der Waals surface area contributed by atoms with Gasteiger partial charge in [-0.3, -0.25) is 19.2 Å². The lowest BCUT2D eigenvalue weighted by atomic mass is 10.3. The topological polar surface area (TPSA) is 175 Å². The van der Waals surface area contributed by atoms with Gasteiger partial charge in [0.1, 0.15) is 12.4 Å². The Hall–Kier alpha value is -1.21. The molecule has 0 heterocycles. The van der Waals surface area contributed by atoms with Gasteiger partial charge in [0, 0.05) is 25.5 Å². The number of nitrogens with one attached hydrogen (secondary N) is 3. The zero-order chi connectivity index (χ0) is 26.1. The third-order valence-electron chi connectivity index (χ3n) is 3.14. The van der Waals surface area contributed by atoms with Gasteiger partial charge in [-0.05, 0) is 41.3 Å². The lowest BCUT2D eigenvalue weighted by Gasteiger charge is -2.10. The minimum absolute atomic E-state index is 0. The van der Waals surface area contributed by atoms with Crippen LogP contribution in [0.4, 0.5) is 0 Å². The van der Waals surface area contributed by atoms with Gasteiger partial charge in [0.05, 0.1) is 31.5 Å². The minimum atomic E-state index is -0.615. The van der Waals surface area contributed by atoms with Crippen LogP contribution >= 0.6 is 19.1 Å². The van der Waals surface area contributed by atoms with Crippen LogP contribution in [0.15, 0.2) is 0 Å². The molecule has 2 unspecified atom stereocenters. The number of carbonyl (C=O) groups is 4. The molecule has 0 aromatic carbocycles. The van der Waals surface area contributed by atoms with Gasteiger partial charge in [-0.25, -0.2) is 0 Å². The fourth-order valence-electron chi connectivity index (χ4n) is 1.56. The van der Waals surface area contributed by atoms with Gasteiger partial charge >= 0.3 is 0 Å². The molecule has 0 aromatic rings. The van der Waals surface area contributed by atoms with Crippen LogP contribution in [0.5, 0.6) is 0 Å². The lowest BCUT2D eigenvalue weighted by molar-refractivity contribution is -0.127. The first-order valence-electron chi connectivity index (χ1n) is 10.3. The Labute approximate surface area is 222 Å². The van der Waals surface area contributed by atoms with E-state index in [1.807, 2.05) is 20.1 Å². The highest BCUT2D eigenvalue weighted by Crippen LogP contribution is 1.99. The molecule has 0 saturated carbocycles. The maximum Gasteiger partial charge on any atom is 0.243 e. The van der Waals surface area contributed by atoms with E-state index in [0.717, 1.165) is 27.1 Å². The number of Topliss-reactive ketones (excluding diaryl/α,β-unsaturated/α-hetero) is 1. The van der Waals surface area contributed by atoms with Gasteiger partial charge in [-0.15, -0.1) is 0 Å². The van der Waals surface area contributed by atoms with Crippen molar-refractivity contribution < 1.29 is 28.7 Å². The molecule has 0 saturated heterocycles. The van der Waals surface area contributed by atoms with Crippen LogP contribution in [0.1, 0.15) is 42.5 Å². The van der Waals surface area contributed by atoms with Crippen molar-refractivity contribution in [2.45, 2.75) is 54.4 Å². The van der Waals surface area contributed by atoms with E-state index in [9.17, 15) is 19.2 Å². The summed E-state index contributed by atoms with van der Waals surface area (Å²) in [4.78, 5) is 42.8. The number of hydrogen-bond acceptors (Lipinski definition) is 10. The zero-order valence-corrected chi connectivity index (χ0v) is 22.7. The number of rotatable bonds is 16. The number of amides is 3. The largest absolute Gasteiger partial charge is 0.380 e. The predicted molar refractivity (Wildman–Crippen MR) is 150 cm³/mol. The van der Waals surface area contributed by atoms with Crippen LogP contribution in [0.3, 0.4) is 0 Å². The molecule has 0 fully saturated rings. The monoisotopic (exact) mass is 561 g/mol. The molecule has 0 bridgehead atoms. The fraction of sp³-hybridized carbons (Fsp3) is 0.810. The fourth-order valence-corrected chi connectivity index (χ4v) is 2.50. The van der Waals surface area contributed by atoms with Gasteiger partial charge in [0.25, 0.3) is 0 Å². The molecule has 7 N–H and O–H groups in total. The average Bonchev–Trinajstić information content (AvgIpc) is 2.78. The Morgan fingerprint density at radius 3 is 2.03 bits per heavy atom. The maximum absolute atomic E-state index is 11.3. The molecular weight excluding hydrogens is 513 g/mol. The third kappa shape index (κ3) is 40.3. The lowest BCUT2D eigenvalue weighted by Crippen LogP contribution is -2.46. The molecule has 35 heavy (non-hydrogen) atoms. The zero-order valence-electron chi connectivity index (χ0n) is 20.2. The average molecular weight is 562 g/mol. The van der Waals surface area contributed by atoms with E-state index in [1.54, 1.807) is 0 Å². The summed E-state index contributed by atoms with van der Waals surface area (Å²) in [6.45, 7) is 10.1. The number of ketones is 1. The molecule has 0 spiro atoms. The first-order chi connectivity index (χ1) is 15.5. The van der Waals surface area contributed by atoms with Crippen molar-refractivity contribution >= 4 is 54.4 Å².